The Bertz CT molecular complexity index is 756. The largest absolute Gasteiger partial charge is 0.455 e. The summed E-state index contributed by atoms with van der Waals surface area (Å²) in [5.74, 6) is -1.31. The lowest BCUT2D eigenvalue weighted by Gasteiger charge is -2.43. The Morgan fingerprint density at radius 3 is 2.76 bits per heavy atom. The maximum absolute atomic E-state index is 12.7. The molecular weight excluding hydrogens is 366 g/mol. The highest BCUT2D eigenvalue weighted by Gasteiger charge is 2.54. The molecule has 1 fully saturated rings. The lowest BCUT2D eigenvalue weighted by Crippen LogP contribution is -2.62. The second-order valence-corrected chi connectivity index (χ2v) is 8.91. The number of fused-ring (bicyclic) bond motifs is 1. The Kier molecular flexibility index (Phi) is 4.62. The smallest absolute Gasteiger partial charge is 0.355 e. The van der Waals surface area contributed by atoms with Gasteiger partial charge >= 0.3 is 5.97 Å². The number of thioether (sulfide) groups is 2. The Hall–Kier alpha value is -1.88. The highest BCUT2D eigenvalue weighted by Crippen LogP contribution is 2.42. The molecular formula is C14H17N5O4S2. The number of esters is 1. The molecule has 1 saturated heterocycles. The van der Waals surface area contributed by atoms with Crippen molar-refractivity contribution < 1.29 is 19.1 Å². The van der Waals surface area contributed by atoms with E-state index < -0.39 is 28.6 Å². The first-order valence-corrected chi connectivity index (χ1v) is 9.47. The Morgan fingerprint density at radius 2 is 2.16 bits per heavy atom. The molecule has 0 aromatic carbocycles. The summed E-state index contributed by atoms with van der Waals surface area (Å²) in [5, 5.41) is 13.3. The number of hydrogen-bond acceptors (Lipinski definition) is 9. The number of aromatic nitrogens is 4. The molecule has 0 spiro atoms. The van der Waals surface area contributed by atoms with Crippen molar-refractivity contribution in [2.24, 2.45) is 0 Å². The van der Waals surface area contributed by atoms with Crippen LogP contribution in [0.3, 0.4) is 0 Å². The third-order valence-electron chi connectivity index (χ3n) is 3.52. The summed E-state index contributed by atoms with van der Waals surface area (Å²) in [6, 6.07) is 0. The number of β-lactam (4-membered cyclic amide) rings is 1. The monoisotopic (exact) mass is 383 g/mol. The van der Waals surface area contributed by atoms with E-state index in [0.717, 1.165) is 0 Å². The van der Waals surface area contributed by atoms with Crippen molar-refractivity contribution in [2.45, 2.75) is 49.1 Å². The predicted octanol–water partition coefficient (Wildman–Crippen LogP) is 0.760. The Labute approximate surface area is 152 Å². The number of carbonyl (C=O) groups excluding carboxylic acids is 3. The number of nitrogens with one attached hydrogen (secondary N) is 1. The molecule has 1 amide bonds. The van der Waals surface area contributed by atoms with E-state index in [1.807, 2.05) is 6.92 Å². The first kappa shape index (κ1) is 17.9. The van der Waals surface area contributed by atoms with Crippen molar-refractivity contribution in [3.05, 3.63) is 11.3 Å². The molecule has 11 heteroatoms. The van der Waals surface area contributed by atoms with Crippen LogP contribution in [-0.2, 0) is 19.1 Å². The molecule has 134 valence electrons. The molecule has 9 nitrogen and oxygen atoms in total. The van der Waals surface area contributed by atoms with Crippen LogP contribution in [0.5, 0.6) is 0 Å². The minimum absolute atomic E-state index is 0.159. The van der Waals surface area contributed by atoms with Gasteiger partial charge in [-0.3, -0.25) is 14.5 Å². The average molecular weight is 383 g/mol. The van der Waals surface area contributed by atoms with Gasteiger partial charge in [0.25, 0.3) is 11.7 Å². The van der Waals surface area contributed by atoms with Crippen molar-refractivity contribution in [3.8, 4) is 0 Å². The highest BCUT2D eigenvalue weighted by molar-refractivity contribution is 8.01. The van der Waals surface area contributed by atoms with Gasteiger partial charge in [-0.05, 0) is 38.5 Å². The van der Waals surface area contributed by atoms with Crippen LogP contribution in [0.1, 0.15) is 27.7 Å². The van der Waals surface area contributed by atoms with Gasteiger partial charge in [0.15, 0.2) is 5.37 Å². The van der Waals surface area contributed by atoms with Crippen molar-refractivity contribution in [3.63, 3.8) is 0 Å². The molecule has 3 heterocycles. The van der Waals surface area contributed by atoms with E-state index in [-0.39, 0.29) is 10.9 Å². The maximum atomic E-state index is 12.7. The summed E-state index contributed by atoms with van der Waals surface area (Å²) in [6.45, 7) is 7.13. The number of nitrogens with zero attached hydrogens (tertiary/aromatic N) is 4. The van der Waals surface area contributed by atoms with E-state index in [4.69, 9.17) is 4.74 Å². The second-order valence-electron chi connectivity index (χ2n) is 6.53. The number of carbonyl (C=O) groups is 3. The summed E-state index contributed by atoms with van der Waals surface area (Å²) in [7, 11) is 0. The number of hydrogen-bond donors (Lipinski definition) is 1. The molecule has 1 N–H and O–H groups in total. The molecule has 1 unspecified atom stereocenters. The van der Waals surface area contributed by atoms with Gasteiger partial charge < -0.3 is 4.74 Å². The molecule has 1 aromatic heterocycles. The number of rotatable bonds is 4. The van der Waals surface area contributed by atoms with Crippen molar-refractivity contribution in [1.82, 2.24) is 25.5 Å². The molecule has 2 aliphatic heterocycles. The van der Waals surface area contributed by atoms with Gasteiger partial charge in [0.05, 0.1) is 0 Å². The number of ether oxygens (including phenoxy) is 1. The standard InChI is InChI=1S/C14H17N5O4S2/c1-6(25-13-15-17-18-16-13)7-5-24-11-9(20)10(21)19(11)8(7)12(22)23-14(2,3)4/h6,11H,5H2,1-4H3,(H,15,16,17,18)/t6?,11-/m0/s1. The third kappa shape index (κ3) is 3.43. The van der Waals surface area contributed by atoms with Crippen molar-refractivity contribution in [1.29, 1.82) is 0 Å². The number of H-pyrrole nitrogens is 1. The Morgan fingerprint density at radius 1 is 1.44 bits per heavy atom. The highest BCUT2D eigenvalue weighted by atomic mass is 32.2. The van der Waals surface area contributed by atoms with Gasteiger partial charge in [-0.1, -0.05) is 11.8 Å². The minimum atomic E-state index is -0.711. The zero-order valence-corrected chi connectivity index (χ0v) is 15.7. The minimum Gasteiger partial charge on any atom is -0.455 e. The average Bonchev–Trinajstić information content (AvgIpc) is 3.03. The summed E-state index contributed by atoms with van der Waals surface area (Å²) in [5.41, 5.74) is 0.162. The van der Waals surface area contributed by atoms with E-state index in [0.29, 0.717) is 16.5 Å². The molecule has 0 aliphatic carbocycles. The topological polar surface area (TPSA) is 118 Å². The summed E-state index contributed by atoms with van der Waals surface area (Å²) < 4.78 is 5.46. The lowest BCUT2D eigenvalue weighted by molar-refractivity contribution is -0.161. The molecule has 2 aliphatic rings. The zero-order valence-electron chi connectivity index (χ0n) is 14.1. The van der Waals surface area contributed by atoms with Crippen LogP contribution in [0.25, 0.3) is 0 Å². The fourth-order valence-electron chi connectivity index (χ4n) is 2.44. The maximum Gasteiger partial charge on any atom is 0.355 e. The van der Waals surface area contributed by atoms with Crippen LogP contribution in [-0.4, -0.2) is 65.2 Å². The zero-order chi connectivity index (χ0) is 18.4. The first-order chi connectivity index (χ1) is 11.7. The fourth-order valence-corrected chi connectivity index (χ4v) is 4.71. The van der Waals surface area contributed by atoms with Crippen LogP contribution in [0.15, 0.2) is 16.4 Å². The van der Waals surface area contributed by atoms with E-state index in [1.54, 1.807) is 20.8 Å². The van der Waals surface area contributed by atoms with Gasteiger partial charge in [0, 0.05) is 11.0 Å². The van der Waals surface area contributed by atoms with Crippen LogP contribution in [0.2, 0.25) is 0 Å². The van der Waals surface area contributed by atoms with Gasteiger partial charge in [0.1, 0.15) is 11.3 Å². The van der Waals surface area contributed by atoms with Crippen LogP contribution in [0, 0.1) is 0 Å². The van der Waals surface area contributed by atoms with Crippen LogP contribution < -0.4 is 0 Å². The third-order valence-corrected chi connectivity index (χ3v) is 5.76. The van der Waals surface area contributed by atoms with E-state index in [2.05, 4.69) is 20.6 Å². The van der Waals surface area contributed by atoms with Gasteiger partial charge in [-0.25, -0.2) is 4.79 Å². The summed E-state index contributed by atoms with van der Waals surface area (Å²) >= 11 is 2.63. The number of ketones is 1. The quantitative estimate of drug-likeness (QED) is 0.348. The van der Waals surface area contributed by atoms with Gasteiger partial charge in [-0.2, -0.15) is 5.21 Å². The van der Waals surface area contributed by atoms with E-state index in [9.17, 15) is 14.4 Å². The number of tetrazole rings is 1. The SMILES string of the molecule is CC(Sc1nn[nH]n1)C1=C(C(=O)OC(C)(C)C)N2C(=O)C(=O)[C@@H]2SC1. The summed E-state index contributed by atoms with van der Waals surface area (Å²) in [4.78, 5) is 37.8. The molecule has 0 bridgehead atoms. The van der Waals surface area contributed by atoms with Gasteiger partial charge in [0.2, 0.25) is 5.16 Å². The molecule has 0 saturated carbocycles. The van der Waals surface area contributed by atoms with E-state index in [1.165, 1.54) is 28.4 Å². The normalized spacial score (nSPS) is 21.8. The molecule has 0 radical (unpaired) electrons. The number of Topliss-reactive ketones (excluding diaryl/α,β-unsaturated/α-hetero) is 1. The Balaban J connectivity index is 1.95. The molecule has 2 atom stereocenters. The second kappa shape index (κ2) is 6.45. The number of amides is 1. The molecule has 25 heavy (non-hydrogen) atoms. The van der Waals surface area contributed by atoms with Crippen molar-refractivity contribution in [2.75, 3.05) is 5.75 Å². The van der Waals surface area contributed by atoms with Crippen LogP contribution >= 0.6 is 23.5 Å². The van der Waals surface area contributed by atoms with Crippen molar-refractivity contribution >= 4 is 41.2 Å². The number of aromatic amines is 1. The van der Waals surface area contributed by atoms with Crippen LogP contribution in [0.4, 0.5) is 0 Å². The molecule has 1 aromatic rings. The fraction of sp³-hybridized carbons (Fsp3) is 0.571. The van der Waals surface area contributed by atoms with Gasteiger partial charge in [-0.15, -0.1) is 22.0 Å². The lowest BCUT2D eigenvalue weighted by atomic mass is 10.0. The molecule has 3 rings (SSSR count). The van der Waals surface area contributed by atoms with E-state index >= 15 is 0 Å². The first-order valence-electron chi connectivity index (χ1n) is 7.54. The predicted molar refractivity (Wildman–Crippen MR) is 90.5 cm³/mol. The summed E-state index contributed by atoms with van der Waals surface area (Å²) in [6.07, 6.45) is 0.